The summed E-state index contributed by atoms with van der Waals surface area (Å²) >= 11 is 7.41. The fourth-order valence-electron chi connectivity index (χ4n) is 3.95. The first kappa shape index (κ1) is 32.0. The molecule has 0 aliphatic heterocycles. The molecule has 0 heterocycles. The minimum atomic E-state index is -0.721. The average molecular weight is 632 g/mol. The number of carbonyl (C=O) groups excluding carboxylic acids is 4. The van der Waals surface area contributed by atoms with Gasteiger partial charge >= 0.3 is 5.97 Å². The molecule has 0 aliphatic rings. The van der Waals surface area contributed by atoms with Crippen molar-refractivity contribution in [1.82, 2.24) is 5.32 Å². The second-order valence-corrected chi connectivity index (χ2v) is 11.1. The summed E-state index contributed by atoms with van der Waals surface area (Å²) in [6.07, 6.45) is 1.17. The van der Waals surface area contributed by atoms with E-state index < -0.39 is 28.9 Å². The van der Waals surface area contributed by atoms with Crippen LogP contribution in [0.5, 0.6) is 0 Å². The third kappa shape index (κ3) is 8.33. The summed E-state index contributed by atoms with van der Waals surface area (Å²) in [5, 5.41) is 7.49. The van der Waals surface area contributed by atoms with Crippen molar-refractivity contribution in [3.05, 3.63) is 130 Å². The molecule has 0 bridgehead atoms. The number of esters is 1. The molecule has 0 spiro atoms. The molecule has 0 fully saturated rings. The Labute approximate surface area is 262 Å². The lowest BCUT2D eigenvalue weighted by atomic mass is 10.1. The van der Waals surface area contributed by atoms with Crippen LogP contribution < -0.4 is 16.0 Å². The zero-order chi connectivity index (χ0) is 31.6. The Morgan fingerprint density at radius 2 is 1.59 bits per heavy atom. The van der Waals surface area contributed by atoms with Crippen LogP contribution in [0, 0.1) is 5.82 Å². The van der Waals surface area contributed by atoms with Crippen LogP contribution in [0.15, 0.2) is 108 Å². The van der Waals surface area contributed by atoms with Gasteiger partial charge in [-0.15, -0.1) is 11.8 Å². The number of carbonyl (C=O) groups is 4. The first-order chi connectivity index (χ1) is 21.2. The standard InChI is InChI=1S/C33H27ClFN3O5S/c1-20(30(39)37-28-17-7-6-14-24(28)33(42)43-2)44-23-13-8-12-22(18-23)36-32(41)29(19-25-26(34)15-9-16-27(25)35)38-31(40)21-10-4-3-5-11-21/h3-20H,1-2H3,(H,36,41)(H,37,39)(H,38,40)/b29-19+. The highest BCUT2D eigenvalue weighted by atomic mass is 35.5. The summed E-state index contributed by atoms with van der Waals surface area (Å²) < 4.78 is 19.4. The quantitative estimate of drug-likeness (QED) is 0.101. The third-order valence-corrected chi connectivity index (χ3v) is 7.60. The maximum absolute atomic E-state index is 14.6. The normalized spacial score (nSPS) is 11.7. The van der Waals surface area contributed by atoms with E-state index in [1.165, 1.54) is 43.1 Å². The van der Waals surface area contributed by atoms with E-state index in [9.17, 15) is 23.6 Å². The van der Waals surface area contributed by atoms with Crippen molar-refractivity contribution in [3.8, 4) is 0 Å². The van der Waals surface area contributed by atoms with Crippen molar-refractivity contribution in [3.63, 3.8) is 0 Å². The average Bonchev–Trinajstić information content (AvgIpc) is 3.02. The number of halogens is 2. The van der Waals surface area contributed by atoms with Crippen molar-refractivity contribution in [2.24, 2.45) is 0 Å². The molecule has 4 rings (SSSR count). The Morgan fingerprint density at radius 3 is 2.32 bits per heavy atom. The second kappa shape index (κ2) is 15.0. The van der Waals surface area contributed by atoms with Crippen LogP contribution in [-0.4, -0.2) is 36.1 Å². The van der Waals surface area contributed by atoms with Crippen molar-refractivity contribution in [2.75, 3.05) is 17.7 Å². The summed E-state index contributed by atoms with van der Waals surface area (Å²) in [5.74, 6) is -2.89. The van der Waals surface area contributed by atoms with Gasteiger partial charge in [-0.25, -0.2) is 9.18 Å². The molecule has 0 aliphatic carbocycles. The maximum atomic E-state index is 14.6. The Bertz CT molecular complexity index is 1710. The zero-order valence-corrected chi connectivity index (χ0v) is 25.2. The van der Waals surface area contributed by atoms with E-state index in [1.54, 1.807) is 85.8 Å². The van der Waals surface area contributed by atoms with Crippen molar-refractivity contribution >= 4 is 64.5 Å². The van der Waals surface area contributed by atoms with E-state index in [2.05, 4.69) is 16.0 Å². The number of para-hydroxylation sites is 1. The molecule has 224 valence electrons. The molecule has 1 atom stereocenters. The number of ether oxygens (including phenoxy) is 1. The summed E-state index contributed by atoms with van der Waals surface area (Å²) in [6.45, 7) is 1.70. The molecule has 11 heteroatoms. The Kier molecular flexibility index (Phi) is 10.9. The van der Waals surface area contributed by atoms with Gasteiger partial charge in [0.25, 0.3) is 11.8 Å². The van der Waals surface area contributed by atoms with E-state index in [0.29, 0.717) is 21.8 Å². The molecule has 4 aromatic rings. The molecule has 8 nitrogen and oxygen atoms in total. The first-order valence-corrected chi connectivity index (χ1v) is 14.5. The number of anilines is 2. The molecule has 3 amide bonds. The van der Waals surface area contributed by atoms with E-state index in [0.717, 1.165) is 0 Å². The van der Waals surface area contributed by atoms with Crippen LogP contribution in [0.3, 0.4) is 0 Å². The van der Waals surface area contributed by atoms with Crippen LogP contribution in [0.25, 0.3) is 6.08 Å². The molecule has 0 aromatic heterocycles. The van der Waals surface area contributed by atoms with Crippen molar-refractivity contribution < 1.29 is 28.3 Å². The summed E-state index contributed by atoms with van der Waals surface area (Å²) in [5.41, 5.74) is 0.912. The number of rotatable bonds is 10. The van der Waals surface area contributed by atoms with E-state index >= 15 is 0 Å². The minimum Gasteiger partial charge on any atom is -0.465 e. The largest absolute Gasteiger partial charge is 0.465 e. The molecule has 0 saturated carbocycles. The molecule has 3 N–H and O–H groups in total. The lowest BCUT2D eigenvalue weighted by Gasteiger charge is -2.15. The summed E-state index contributed by atoms with van der Waals surface area (Å²) in [4.78, 5) is 51.9. The fraction of sp³-hybridized carbons (Fsp3) is 0.0909. The number of nitrogens with one attached hydrogen (secondary N) is 3. The molecule has 0 saturated heterocycles. The number of amides is 3. The highest BCUT2D eigenvalue weighted by molar-refractivity contribution is 8.00. The van der Waals surface area contributed by atoms with E-state index in [-0.39, 0.29) is 27.8 Å². The highest BCUT2D eigenvalue weighted by Crippen LogP contribution is 2.28. The Morgan fingerprint density at radius 1 is 0.886 bits per heavy atom. The van der Waals surface area contributed by atoms with Gasteiger partial charge in [0.15, 0.2) is 0 Å². The molecular weight excluding hydrogens is 605 g/mol. The topological polar surface area (TPSA) is 114 Å². The number of methoxy groups -OCH3 is 1. The zero-order valence-electron chi connectivity index (χ0n) is 23.6. The molecule has 44 heavy (non-hydrogen) atoms. The maximum Gasteiger partial charge on any atom is 0.339 e. The smallest absolute Gasteiger partial charge is 0.339 e. The van der Waals surface area contributed by atoms with Crippen molar-refractivity contribution in [1.29, 1.82) is 0 Å². The number of benzene rings is 4. The van der Waals surface area contributed by atoms with Gasteiger partial charge in [-0.2, -0.15) is 0 Å². The predicted octanol–water partition coefficient (Wildman–Crippen LogP) is 6.79. The van der Waals surface area contributed by atoms with Gasteiger partial charge in [-0.3, -0.25) is 14.4 Å². The monoisotopic (exact) mass is 631 g/mol. The van der Waals surface area contributed by atoms with Gasteiger partial charge in [-0.1, -0.05) is 54.1 Å². The van der Waals surface area contributed by atoms with E-state index in [4.69, 9.17) is 16.3 Å². The minimum absolute atomic E-state index is 0.0594. The number of hydrogen-bond donors (Lipinski definition) is 3. The highest BCUT2D eigenvalue weighted by Gasteiger charge is 2.20. The van der Waals surface area contributed by atoms with Crippen LogP contribution in [-0.2, 0) is 14.3 Å². The van der Waals surface area contributed by atoms with Crippen LogP contribution in [0.1, 0.15) is 33.2 Å². The first-order valence-electron chi connectivity index (χ1n) is 13.2. The molecule has 0 radical (unpaired) electrons. The molecular formula is C33H27ClFN3O5S. The lowest BCUT2D eigenvalue weighted by molar-refractivity contribution is -0.115. The van der Waals surface area contributed by atoms with Gasteiger partial charge in [-0.05, 0) is 67.6 Å². The van der Waals surface area contributed by atoms with Crippen molar-refractivity contribution in [2.45, 2.75) is 17.1 Å². The van der Waals surface area contributed by atoms with Gasteiger partial charge < -0.3 is 20.7 Å². The number of thioether (sulfide) groups is 1. The van der Waals surface area contributed by atoms with Gasteiger partial charge in [0, 0.05) is 21.7 Å². The lowest BCUT2D eigenvalue weighted by Crippen LogP contribution is -2.30. The molecule has 1 unspecified atom stereocenters. The SMILES string of the molecule is COC(=O)c1ccccc1NC(=O)C(C)Sc1cccc(NC(=O)/C(=C\c2c(F)cccc2Cl)NC(=O)c2ccccc2)c1. The van der Waals surface area contributed by atoms with Gasteiger partial charge in [0.2, 0.25) is 5.91 Å². The third-order valence-electron chi connectivity index (χ3n) is 6.18. The predicted molar refractivity (Wildman–Crippen MR) is 170 cm³/mol. The van der Waals surface area contributed by atoms with Crippen LogP contribution in [0.2, 0.25) is 5.02 Å². The summed E-state index contributed by atoms with van der Waals surface area (Å²) in [6, 6.07) is 25.6. The number of hydrogen-bond acceptors (Lipinski definition) is 6. The van der Waals surface area contributed by atoms with Crippen LogP contribution in [0.4, 0.5) is 15.8 Å². The second-order valence-electron chi connectivity index (χ2n) is 9.28. The molecule has 4 aromatic carbocycles. The van der Waals surface area contributed by atoms with Gasteiger partial charge in [0.05, 0.1) is 28.6 Å². The Hall–Kier alpha value is -4.93. The summed E-state index contributed by atoms with van der Waals surface area (Å²) in [7, 11) is 1.26. The van der Waals surface area contributed by atoms with Crippen LogP contribution >= 0.6 is 23.4 Å². The Balaban J connectivity index is 1.51. The van der Waals surface area contributed by atoms with Gasteiger partial charge in [0.1, 0.15) is 11.5 Å². The fourth-order valence-corrected chi connectivity index (χ4v) is 5.10. The van der Waals surface area contributed by atoms with E-state index in [1.807, 2.05) is 0 Å².